The third-order valence-corrected chi connectivity index (χ3v) is 7.07. The summed E-state index contributed by atoms with van der Waals surface area (Å²) in [5, 5.41) is 18.7. The van der Waals surface area contributed by atoms with Crippen LogP contribution >= 0.6 is 0 Å². The number of fused-ring (bicyclic) bond motifs is 2. The highest BCUT2D eigenvalue weighted by molar-refractivity contribution is 5.95. The Morgan fingerprint density at radius 2 is 2.12 bits per heavy atom. The molecule has 5 heterocycles. The molecule has 0 amide bonds. The summed E-state index contributed by atoms with van der Waals surface area (Å²) in [6.45, 7) is 8.72. The highest BCUT2D eigenvalue weighted by Crippen LogP contribution is 2.31. The maximum atomic E-state index is 9.47. The van der Waals surface area contributed by atoms with E-state index in [2.05, 4.69) is 56.1 Å². The molecule has 0 aliphatic carbocycles. The first kappa shape index (κ1) is 20.6. The Hall–Kier alpha value is -2.99. The lowest BCUT2D eigenvalue weighted by molar-refractivity contribution is -0.0489. The van der Waals surface area contributed by atoms with Crippen LogP contribution in [0, 0.1) is 11.3 Å². The number of morpholine rings is 1. The molecule has 0 unspecified atom stereocenters. The van der Waals surface area contributed by atoms with Crippen molar-refractivity contribution >= 4 is 16.6 Å². The highest BCUT2D eigenvalue weighted by atomic mass is 16.5. The molecule has 0 saturated carbocycles. The lowest BCUT2D eigenvalue weighted by atomic mass is 10.0. The van der Waals surface area contributed by atoms with Crippen molar-refractivity contribution in [2.75, 3.05) is 44.2 Å². The molecule has 3 aliphatic heterocycles. The zero-order valence-electron chi connectivity index (χ0n) is 18.9. The quantitative estimate of drug-likeness (QED) is 0.661. The minimum absolute atomic E-state index is 0.145. The molecule has 2 aromatic heterocycles. The van der Waals surface area contributed by atoms with Crippen LogP contribution in [0.15, 0.2) is 36.7 Å². The summed E-state index contributed by atoms with van der Waals surface area (Å²) in [4.78, 5) is 9.35. The fourth-order valence-electron chi connectivity index (χ4n) is 5.45. The Balaban J connectivity index is 1.13. The molecule has 8 nitrogen and oxygen atoms in total. The molecule has 1 aromatic carbocycles. The van der Waals surface area contributed by atoms with E-state index >= 15 is 0 Å². The monoisotopic (exact) mass is 443 g/mol. The van der Waals surface area contributed by atoms with E-state index in [1.807, 2.05) is 12.1 Å². The maximum absolute atomic E-state index is 9.47. The minimum atomic E-state index is 0.145. The van der Waals surface area contributed by atoms with E-state index in [0.717, 1.165) is 68.8 Å². The number of pyridine rings is 1. The maximum Gasteiger partial charge on any atom is 0.101 e. The number of ether oxygens (including phenoxy) is 1. The Bertz CT molecular complexity index is 1190. The van der Waals surface area contributed by atoms with Crippen molar-refractivity contribution < 1.29 is 4.74 Å². The van der Waals surface area contributed by atoms with Crippen molar-refractivity contribution in [3.8, 4) is 6.07 Å². The first-order valence-corrected chi connectivity index (χ1v) is 11.9. The Morgan fingerprint density at radius 1 is 1.21 bits per heavy atom. The van der Waals surface area contributed by atoms with Crippen LogP contribution in [-0.4, -0.2) is 71.1 Å². The van der Waals surface area contributed by atoms with Gasteiger partial charge in [0.05, 0.1) is 35.0 Å². The normalized spacial score (nSPS) is 23.8. The van der Waals surface area contributed by atoms with Crippen LogP contribution in [-0.2, 0) is 17.7 Å². The molecule has 0 radical (unpaired) electrons. The van der Waals surface area contributed by atoms with Crippen molar-refractivity contribution in [2.24, 2.45) is 0 Å². The number of nitrogens with zero attached hydrogens (tertiary/aromatic N) is 6. The zero-order valence-corrected chi connectivity index (χ0v) is 18.9. The molecule has 33 heavy (non-hydrogen) atoms. The van der Waals surface area contributed by atoms with Gasteiger partial charge in [-0.05, 0) is 49.7 Å². The number of nitriles is 1. The van der Waals surface area contributed by atoms with E-state index in [0.29, 0.717) is 11.6 Å². The molecule has 6 rings (SSSR count). The second kappa shape index (κ2) is 8.41. The largest absolute Gasteiger partial charge is 0.370 e. The van der Waals surface area contributed by atoms with Gasteiger partial charge in [0.25, 0.3) is 0 Å². The van der Waals surface area contributed by atoms with Crippen molar-refractivity contribution in [1.82, 2.24) is 25.0 Å². The fraction of sp³-hybridized carbons (Fsp3) is 0.480. The van der Waals surface area contributed by atoms with Gasteiger partial charge >= 0.3 is 0 Å². The van der Waals surface area contributed by atoms with Crippen LogP contribution in [0.5, 0.6) is 0 Å². The second-order valence-corrected chi connectivity index (χ2v) is 9.50. The smallest absolute Gasteiger partial charge is 0.101 e. The van der Waals surface area contributed by atoms with Gasteiger partial charge in [-0.25, -0.2) is 0 Å². The number of anilines is 1. The van der Waals surface area contributed by atoms with Gasteiger partial charge in [-0.3, -0.25) is 14.6 Å². The molecular weight excluding hydrogens is 414 g/mol. The Morgan fingerprint density at radius 3 is 2.97 bits per heavy atom. The number of hydrogen-bond acceptors (Lipinski definition) is 7. The van der Waals surface area contributed by atoms with E-state index in [1.165, 1.54) is 11.3 Å². The predicted octanol–water partition coefficient (Wildman–Crippen LogP) is 2.10. The van der Waals surface area contributed by atoms with Gasteiger partial charge in [-0.15, -0.1) is 0 Å². The van der Waals surface area contributed by atoms with Crippen LogP contribution in [0.25, 0.3) is 10.9 Å². The zero-order chi connectivity index (χ0) is 22.4. The van der Waals surface area contributed by atoms with Crippen molar-refractivity contribution in [2.45, 2.75) is 38.1 Å². The van der Waals surface area contributed by atoms with Gasteiger partial charge in [0, 0.05) is 62.7 Å². The molecule has 8 heteroatoms. The fourth-order valence-corrected chi connectivity index (χ4v) is 5.45. The molecule has 170 valence electrons. The second-order valence-electron chi connectivity index (χ2n) is 9.50. The Kier molecular flexibility index (Phi) is 5.25. The standard InChI is InChI=1S/C25H29N7O/c1-17-11-31(24-5-4-18(9-26)25-22(24)3-2-7-28-25)16-21(33-17)15-30-13-20(14-30)32-12-19-6-8-27-10-23(19)29-32/h2-5,7,12,17,20-21,27H,6,8,10-11,13-16H2,1H3/t17-,21+/m1/s1. The molecule has 0 spiro atoms. The number of nitrogens with one attached hydrogen (secondary N) is 1. The summed E-state index contributed by atoms with van der Waals surface area (Å²) >= 11 is 0. The summed E-state index contributed by atoms with van der Waals surface area (Å²) < 4.78 is 8.51. The summed E-state index contributed by atoms with van der Waals surface area (Å²) in [7, 11) is 0. The molecular formula is C25H29N7O. The van der Waals surface area contributed by atoms with Crippen molar-refractivity contribution in [3.05, 3.63) is 53.5 Å². The molecule has 3 aromatic rings. The third kappa shape index (κ3) is 3.86. The van der Waals surface area contributed by atoms with Crippen LogP contribution < -0.4 is 10.2 Å². The Labute approximate surface area is 193 Å². The summed E-state index contributed by atoms with van der Waals surface area (Å²) in [6, 6.07) is 10.7. The third-order valence-electron chi connectivity index (χ3n) is 7.07. The van der Waals surface area contributed by atoms with Crippen LogP contribution in [0.3, 0.4) is 0 Å². The predicted molar refractivity (Wildman–Crippen MR) is 126 cm³/mol. The highest BCUT2D eigenvalue weighted by Gasteiger charge is 2.34. The molecule has 2 atom stereocenters. The number of likely N-dealkylation sites (tertiary alicyclic amines) is 1. The first-order valence-electron chi connectivity index (χ1n) is 11.9. The SMILES string of the molecule is C[C@@H]1CN(c2ccc(C#N)c3ncccc23)C[C@H](CN2CC(n3cc4c(n3)CNCC4)C2)O1. The van der Waals surface area contributed by atoms with Gasteiger partial charge in [0.1, 0.15) is 6.07 Å². The van der Waals surface area contributed by atoms with Gasteiger partial charge in [-0.1, -0.05) is 0 Å². The van der Waals surface area contributed by atoms with Crippen molar-refractivity contribution in [1.29, 1.82) is 5.26 Å². The lowest BCUT2D eigenvalue weighted by Gasteiger charge is -2.44. The lowest BCUT2D eigenvalue weighted by Crippen LogP contribution is -2.56. The average Bonchev–Trinajstić information content (AvgIpc) is 3.23. The van der Waals surface area contributed by atoms with Gasteiger partial charge in [-0.2, -0.15) is 10.4 Å². The molecule has 3 aliphatic rings. The van der Waals surface area contributed by atoms with E-state index in [1.54, 1.807) is 6.20 Å². The van der Waals surface area contributed by atoms with Gasteiger partial charge in [0.15, 0.2) is 0 Å². The van der Waals surface area contributed by atoms with Crippen molar-refractivity contribution in [3.63, 3.8) is 0 Å². The molecule has 0 bridgehead atoms. The number of rotatable bonds is 4. The number of benzene rings is 1. The van der Waals surface area contributed by atoms with Crippen LogP contribution in [0.4, 0.5) is 5.69 Å². The molecule has 1 N–H and O–H groups in total. The van der Waals surface area contributed by atoms with Crippen LogP contribution in [0.1, 0.15) is 29.8 Å². The van der Waals surface area contributed by atoms with E-state index in [4.69, 9.17) is 9.84 Å². The van der Waals surface area contributed by atoms with Crippen LogP contribution in [0.2, 0.25) is 0 Å². The van der Waals surface area contributed by atoms with Gasteiger partial charge < -0.3 is 15.0 Å². The average molecular weight is 444 g/mol. The van der Waals surface area contributed by atoms with E-state index < -0.39 is 0 Å². The molecule has 2 fully saturated rings. The topological polar surface area (TPSA) is 82.2 Å². The summed E-state index contributed by atoms with van der Waals surface area (Å²) in [6.07, 6.45) is 5.38. The van der Waals surface area contributed by atoms with E-state index in [9.17, 15) is 5.26 Å². The molecule has 2 saturated heterocycles. The summed E-state index contributed by atoms with van der Waals surface area (Å²) in [5.74, 6) is 0. The van der Waals surface area contributed by atoms with Gasteiger partial charge in [0.2, 0.25) is 0 Å². The number of hydrogen-bond donors (Lipinski definition) is 1. The summed E-state index contributed by atoms with van der Waals surface area (Å²) in [5.41, 5.74) is 5.14. The minimum Gasteiger partial charge on any atom is -0.370 e. The number of aromatic nitrogens is 3. The van der Waals surface area contributed by atoms with E-state index in [-0.39, 0.29) is 12.2 Å². The first-order chi connectivity index (χ1) is 16.2.